The molecule has 0 spiro atoms. The molecule has 0 bridgehead atoms. The maximum absolute atomic E-state index is 11.3. The molecule has 1 aromatic carbocycles. The first-order chi connectivity index (χ1) is 11.0. The second kappa shape index (κ2) is 8.56. The summed E-state index contributed by atoms with van der Waals surface area (Å²) in [7, 11) is 0. The van der Waals surface area contributed by atoms with Crippen molar-refractivity contribution in [1.82, 2.24) is 5.01 Å². The van der Waals surface area contributed by atoms with Gasteiger partial charge in [0.25, 0.3) is 5.69 Å². The van der Waals surface area contributed by atoms with Gasteiger partial charge in [0.05, 0.1) is 11.1 Å². The minimum atomic E-state index is -0.714. The zero-order chi connectivity index (χ0) is 16.4. The number of hydrazone groups is 1. The molecule has 124 valence electrons. The van der Waals surface area contributed by atoms with Gasteiger partial charge in [-0.15, -0.1) is 0 Å². The Kier molecular flexibility index (Phi) is 7.04. The average molecular weight is 352 g/mol. The van der Waals surface area contributed by atoms with Crippen LogP contribution in [0.2, 0.25) is 0 Å². The molecule has 0 N–H and O–H groups in total. The van der Waals surface area contributed by atoms with Crippen molar-refractivity contribution >= 4 is 23.8 Å². The van der Waals surface area contributed by atoms with Crippen LogP contribution >= 0.6 is 0 Å². The van der Waals surface area contributed by atoms with Gasteiger partial charge in [0.15, 0.2) is 11.9 Å². The van der Waals surface area contributed by atoms with Gasteiger partial charge >= 0.3 is 29.6 Å². The van der Waals surface area contributed by atoms with Crippen LogP contribution in [0.15, 0.2) is 45.9 Å². The number of imide groups is 1. The number of urea groups is 1. The monoisotopic (exact) mass is 352 g/mol. The quantitative estimate of drug-likeness (QED) is 0.255. The molecule has 0 unspecified atom stereocenters. The van der Waals surface area contributed by atoms with Crippen LogP contribution in [-0.2, 0) is 4.79 Å². The summed E-state index contributed by atoms with van der Waals surface area (Å²) in [6.07, 6.45) is 1.29. The molecule has 10 heteroatoms. The Morgan fingerprint density at radius 1 is 1.20 bits per heavy atom. The molecule has 0 atom stereocenters. The number of carbonyl (C=O) groups excluding carboxylic acids is 2. The van der Waals surface area contributed by atoms with Gasteiger partial charge in [0.2, 0.25) is 0 Å². The smallest absolute Gasteiger partial charge is 0.455 e. The Labute approximate surface area is 165 Å². The van der Waals surface area contributed by atoms with Gasteiger partial charge in [-0.2, -0.15) is 0 Å². The maximum atomic E-state index is 11.3. The van der Waals surface area contributed by atoms with Gasteiger partial charge in [0.1, 0.15) is 11.5 Å². The summed E-state index contributed by atoms with van der Waals surface area (Å²) < 4.78 is 5.52. The summed E-state index contributed by atoms with van der Waals surface area (Å²) in [5.74, 6) is 0.318. The van der Waals surface area contributed by atoms with Crippen molar-refractivity contribution in [3.8, 4) is 11.3 Å². The van der Waals surface area contributed by atoms with Crippen molar-refractivity contribution in [2.45, 2.75) is 7.43 Å². The molecular formula is C15H13N4NaO5. The molecule has 2 aromatic rings. The Balaban J connectivity index is 0.00000156. The summed E-state index contributed by atoms with van der Waals surface area (Å²) in [4.78, 5) is 32.4. The molecule has 1 saturated heterocycles. The summed E-state index contributed by atoms with van der Waals surface area (Å²) in [5.41, 5.74) is 0.653. The zero-order valence-electron chi connectivity index (χ0n) is 12.6. The largest absolute Gasteiger partial charge is 1.00 e. The maximum Gasteiger partial charge on any atom is 1.00 e. The molecule has 0 aliphatic carbocycles. The number of hydrogen-bond acceptors (Lipinski definition) is 6. The molecule has 9 nitrogen and oxygen atoms in total. The Morgan fingerprint density at radius 3 is 2.44 bits per heavy atom. The van der Waals surface area contributed by atoms with Crippen LogP contribution < -0.4 is 29.6 Å². The number of amides is 3. The Morgan fingerprint density at radius 2 is 1.88 bits per heavy atom. The topological polar surface area (TPSA) is 120 Å². The fourth-order valence-corrected chi connectivity index (χ4v) is 1.94. The molecule has 1 fully saturated rings. The number of rotatable bonds is 4. The van der Waals surface area contributed by atoms with Crippen molar-refractivity contribution in [3.05, 3.63) is 57.6 Å². The van der Waals surface area contributed by atoms with E-state index in [9.17, 15) is 19.7 Å². The average Bonchev–Trinajstić information content (AvgIpc) is 3.11. The van der Waals surface area contributed by atoms with Crippen LogP contribution in [0.1, 0.15) is 13.2 Å². The van der Waals surface area contributed by atoms with Gasteiger partial charge in [-0.25, -0.2) is 0 Å². The third-order valence-electron chi connectivity index (χ3n) is 3.04. The van der Waals surface area contributed by atoms with E-state index in [1.807, 2.05) is 0 Å². The molecule has 0 radical (unpaired) electrons. The molecule has 1 aromatic heterocycles. The van der Waals surface area contributed by atoms with Crippen LogP contribution in [-0.4, -0.2) is 34.6 Å². The predicted molar refractivity (Wildman–Crippen MR) is 85.6 cm³/mol. The van der Waals surface area contributed by atoms with Crippen molar-refractivity contribution in [2.75, 3.05) is 6.54 Å². The van der Waals surface area contributed by atoms with Crippen LogP contribution in [0.5, 0.6) is 0 Å². The first-order valence-electron chi connectivity index (χ1n) is 6.47. The molecule has 3 amide bonds. The van der Waals surface area contributed by atoms with Crippen LogP contribution in [0.25, 0.3) is 16.6 Å². The first kappa shape index (κ1) is 20.6. The number of nitrogens with zero attached hydrogens (tertiary/aromatic N) is 4. The van der Waals surface area contributed by atoms with E-state index < -0.39 is 16.9 Å². The van der Waals surface area contributed by atoms with Gasteiger partial charge < -0.3 is 14.7 Å². The number of benzene rings is 1. The van der Waals surface area contributed by atoms with E-state index in [1.54, 1.807) is 24.3 Å². The van der Waals surface area contributed by atoms with E-state index in [0.29, 0.717) is 17.1 Å². The minimum absolute atomic E-state index is 0. The van der Waals surface area contributed by atoms with Gasteiger partial charge in [-0.3, -0.25) is 24.8 Å². The number of nitro benzene ring substituents is 1. The van der Waals surface area contributed by atoms with Crippen LogP contribution in [0, 0.1) is 10.1 Å². The SMILES string of the molecule is C.O=C1CN(N=Cc2ccc(-c3ccc([N+](=O)[O-])cc3)o2)C(=O)[N-]1.[Na+]. The van der Waals surface area contributed by atoms with Crippen LogP contribution in [0.4, 0.5) is 10.5 Å². The van der Waals surface area contributed by atoms with E-state index in [0.717, 1.165) is 5.01 Å². The van der Waals surface area contributed by atoms with Crippen molar-refractivity contribution in [1.29, 1.82) is 0 Å². The Hall–Kier alpha value is -2.49. The fourth-order valence-electron chi connectivity index (χ4n) is 1.94. The normalized spacial score (nSPS) is 13.4. The second-order valence-electron chi connectivity index (χ2n) is 4.60. The van der Waals surface area contributed by atoms with E-state index in [4.69, 9.17) is 4.42 Å². The molecule has 2 heterocycles. The van der Waals surface area contributed by atoms with E-state index in [1.165, 1.54) is 18.3 Å². The van der Waals surface area contributed by atoms with E-state index >= 15 is 0 Å². The van der Waals surface area contributed by atoms with E-state index in [-0.39, 0.29) is 49.2 Å². The number of nitro groups is 1. The summed E-state index contributed by atoms with van der Waals surface area (Å²) in [6.45, 7) is -0.189. The minimum Gasteiger partial charge on any atom is -0.455 e. The standard InChI is InChI=1S/C14H10N4O5.CH4.Na/c19-13-8-17(14(20)16-13)15-7-11-5-6-12(23-11)9-1-3-10(4-2-9)18(21)22;;/h1-7H,8H2,(H,16,19,20);1H4;/q;;+1/p-1. The first-order valence-corrected chi connectivity index (χ1v) is 6.47. The predicted octanol–water partition coefficient (Wildman–Crippen LogP) is 0.165. The van der Waals surface area contributed by atoms with Crippen LogP contribution in [0.3, 0.4) is 0 Å². The molecule has 1 aliphatic rings. The molecular weight excluding hydrogens is 339 g/mol. The summed E-state index contributed by atoms with van der Waals surface area (Å²) in [5, 5.41) is 18.6. The van der Waals surface area contributed by atoms with Crippen molar-refractivity contribution in [3.63, 3.8) is 0 Å². The molecule has 3 rings (SSSR count). The third-order valence-corrected chi connectivity index (χ3v) is 3.04. The number of furan rings is 1. The van der Waals surface area contributed by atoms with Gasteiger partial charge in [-0.1, -0.05) is 7.43 Å². The van der Waals surface area contributed by atoms with Gasteiger partial charge in [-0.05, 0) is 24.3 Å². The van der Waals surface area contributed by atoms with Gasteiger partial charge in [0, 0.05) is 24.2 Å². The Bertz CT molecular complexity index is 816. The number of non-ortho nitro benzene ring substituents is 1. The fraction of sp³-hybridized carbons (Fsp3) is 0.133. The second-order valence-corrected chi connectivity index (χ2v) is 4.60. The summed E-state index contributed by atoms with van der Waals surface area (Å²) in [6, 6.07) is 8.47. The van der Waals surface area contributed by atoms with Crippen molar-refractivity contribution < 1.29 is 48.5 Å². The third kappa shape index (κ3) is 4.75. The number of hydrogen-bond donors (Lipinski definition) is 0. The number of carbonyl (C=O) groups is 2. The zero-order valence-corrected chi connectivity index (χ0v) is 14.6. The molecule has 1 aliphatic heterocycles. The van der Waals surface area contributed by atoms with E-state index in [2.05, 4.69) is 10.4 Å². The van der Waals surface area contributed by atoms with Crippen molar-refractivity contribution in [2.24, 2.45) is 5.10 Å². The molecule has 25 heavy (non-hydrogen) atoms. The summed E-state index contributed by atoms with van der Waals surface area (Å²) >= 11 is 0. The molecule has 0 saturated carbocycles.